The molecule has 0 saturated heterocycles. The standard InChI is InChI=1S/C19H17ClFN3O2/c1-12-9-18(22-19(25)13-4-7-16(26-2)8-5-13)23-24(12)11-14-3-6-15(21)10-17(14)20/h3-10H,11H2,1-2H3,(H,22,23,25). The van der Waals surface area contributed by atoms with Crippen LogP contribution in [0, 0.1) is 12.7 Å². The summed E-state index contributed by atoms with van der Waals surface area (Å²) in [5.74, 6) is 0.458. The number of ether oxygens (including phenoxy) is 1. The number of hydrogen-bond donors (Lipinski definition) is 1. The van der Waals surface area contributed by atoms with E-state index < -0.39 is 0 Å². The van der Waals surface area contributed by atoms with Crippen molar-refractivity contribution in [2.24, 2.45) is 0 Å². The average Bonchev–Trinajstić information content (AvgIpc) is 2.96. The number of rotatable bonds is 5. The maximum Gasteiger partial charge on any atom is 0.256 e. The maximum absolute atomic E-state index is 13.2. The van der Waals surface area contributed by atoms with Crippen molar-refractivity contribution >= 4 is 23.3 Å². The van der Waals surface area contributed by atoms with E-state index in [0.717, 1.165) is 11.3 Å². The number of benzene rings is 2. The van der Waals surface area contributed by atoms with E-state index in [0.29, 0.717) is 28.7 Å². The molecule has 0 spiro atoms. The highest BCUT2D eigenvalue weighted by Gasteiger charge is 2.11. The van der Waals surface area contributed by atoms with E-state index in [1.54, 1.807) is 48.2 Å². The minimum absolute atomic E-state index is 0.267. The van der Waals surface area contributed by atoms with Gasteiger partial charge >= 0.3 is 0 Å². The molecule has 0 unspecified atom stereocenters. The van der Waals surface area contributed by atoms with Crippen molar-refractivity contribution < 1.29 is 13.9 Å². The van der Waals surface area contributed by atoms with E-state index in [-0.39, 0.29) is 11.7 Å². The smallest absolute Gasteiger partial charge is 0.256 e. The van der Waals surface area contributed by atoms with Gasteiger partial charge in [-0.15, -0.1) is 0 Å². The summed E-state index contributed by atoms with van der Waals surface area (Å²) in [5, 5.41) is 7.47. The molecule has 2 aromatic carbocycles. The Labute approximate surface area is 155 Å². The van der Waals surface area contributed by atoms with Gasteiger partial charge in [-0.05, 0) is 48.9 Å². The van der Waals surface area contributed by atoms with E-state index in [4.69, 9.17) is 16.3 Å². The molecule has 5 nitrogen and oxygen atoms in total. The Morgan fingerprint density at radius 1 is 1.23 bits per heavy atom. The molecule has 0 atom stereocenters. The second-order valence-corrected chi connectivity index (χ2v) is 6.15. The highest BCUT2D eigenvalue weighted by molar-refractivity contribution is 6.31. The van der Waals surface area contributed by atoms with Crippen molar-refractivity contribution in [3.8, 4) is 5.75 Å². The van der Waals surface area contributed by atoms with E-state index in [2.05, 4.69) is 10.4 Å². The number of halogens is 2. The van der Waals surface area contributed by atoms with Crippen LogP contribution in [0.15, 0.2) is 48.5 Å². The van der Waals surface area contributed by atoms with Gasteiger partial charge in [-0.25, -0.2) is 4.39 Å². The van der Waals surface area contributed by atoms with Crippen molar-refractivity contribution in [3.05, 3.63) is 76.2 Å². The molecule has 0 radical (unpaired) electrons. The summed E-state index contributed by atoms with van der Waals surface area (Å²) in [6.07, 6.45) is 0. The average molecular weight is 374 g/mol. The van der Waals surface area contributed by atoms with Gasteiger partial charge in [0.15, 0.2) is 5.82 Å². The number of carbonyl (C=O) groups is 1. The van der Waals surface area contributed by atoms with Gasteiger partial charge in [-0.1, -0.05) is 17.7 Å². The third-order valence-corrected chi connectivity index (χ3v) is 4.26. The Bertz CT molecular complexity index is 938. The monoisotopic (exact) mass is 373 g/mol. The van der Waals surface area contributed by atoms with Gasteiger partial charge in [0.1, 0.15) is 11.6 Å². The lowest BCUT2D eigenvalue weighted by molar-refractivity contribution is 0.102. The molecular weight excluding hydrogens is 357 g/mol. The van der Waals surface area contributed by atoms with Crippen LogP contribution >= 0.6 is 11.6 Å². The molecule has 0 aliphatic rings. The van der Waals surface area contributed by atoms with Crippen LogP contribution in [-0.4, -0.2) is 22.8 Å². The number of aromatic nitrogens is 2. The number of carbonyl (C=O) groups excluding carboxylic acids is 1. The summed E-state index contributed by atoms with van der Waals surface area (Å²) >= 11 is 6.07. The zero-order chi connectivity index (χ0) is 18.7. The summed E-state index contributed by atoms with van der Waals surface area (Å²) < 4.78 is 19.9. The Balaban J connectivity index is 1.73. The Hall–Kier alpha value is -2.86. The van der Waals surface area contributed by atoms with Crippen molar-refractivity contribution in [2.45, 2.75) is 13.5 Å². The molecule has 3 rings (SSSR count). The van der Waals surface area contributed by atoms with Crippen molar-refractivity contribution in [1.29, 1.82) is 0 Å². The second kappa shape index (κ2) is 7.58. The van der Waals surface area contributed by atoms with Crippen LogP contribution < -0.4 is 10.1 Å². The molecule has 0 aliphatic heterocycles. The topological polar surface area (TPSA) is 56.1 Å². The Kier molecular flexibility index (Phi) is 5.23. The molecule has 1 heterocycles. The zero-order valence-electron chi connectivity index (χ0n) is 14.3. The minimum atomic E-state index is -0.386. The normalized spacial score (nSPS) is 10.6. The quantitative estimate of drug-likeness (QED) is 0.725. The van der Waals surface area contributed by atoms with Crippen LogP contribution in [0.1, 0.15) is 21.6 Å². The lowest BCUT2D eigenvalue weighted by atomic mass is 10.2. The summed E-state index contributed by atoms with van der Waals surface area (Å²) in [5.41, 5.74) is 2.09. The Morgan fingerprint density at radius 3 is 2.62 bits per heavy atom. The van der Waals surface area contributed by atoms with Crippen LogP contribution in [0.5, 0.6) is 5.75 Å². The first-order valence-electron chi connectivity index (χ1n) is 7.90. The molecular formula is C19H17ClFN3O2. The first-order chi connectivity index (χ1) is 12.5. The van der Waals surface area contributed by atoms with Gasteiger partial charge in [-0.3, -0.25) is 9.48 Å². The van der Waals surface area contributed by atoms with Gasteiger partial charge in [0.25, 0.3) is 5.91 Å². The van der Waals surface area contributed by atoms with Crippen molar-refractivity contribution in [2.75, 3.05) is 12.4 Å². The maximum atomic E-state index is 13.2. The van der Waals surface area contributed by atoms with E-state index in [1.165, 1.54) is 12.1 Å². The molecule has 7 heteroatoms. The first kappa shape index (κ1) is 17.9. The first-order valence-corrected chi connectivity index (χ1v) is 8.28. The molecule has 0 fully saturated rings. The number of amides is 1. The van der Waals surface area contributed by atoms with Crippen molar-refractivity contribution in [3.63, 3.8) is 0 Å². The predicted octanol–water partition coefficient (Wildman–Crippen LogP) is 4.29. The summed E-state index contributed by atoms with van der Waals surface area (Å²) in [6, 6.07) is 12.8. The zero-order valence-corrected chi connectivity index (χ0v) is 15.0. The fourth-order valence-corrected chi connectivity index (χ4v) is 2.70. The summed E-state index contributed by atoms with van der Waals surface area (Å²) in [7, 11) is 1.57. The molecule has 0 saturated carbocycles. The molecule has 1 N–H and O–H groups in total. The van der Waals surface area contributed by atoms with E-state index >= 15 is 0 Å². The molecule has 0 aliphatic carbocycles. The second-order valence-electron chi connectivity index (χ2n) is 5.75. The predicted molar refractivity (Wildman–Crippen MR) is 98.4 cm³/mol. The number of nitrogens with one attached hydrogen (secondary N) is 1. The largest absolute Gasteiger partial charge is 0.497 e. The van der Waals surface area contributed by atoms with E-state index in [9.17, 15) is 9.18 Å². The molecule has 0 bridgehead atoms. The van der Waals surface area contributed by atoms with Gasteiger partial charge < -0.3 is 10.1 Å². The molecule has 134 valence electrons. The SMILES string of the molecule is COc1ccc(C(=O)Nc2cc(C)n(Cc3ccc(F)cc3Cl)n2)cc1. The highest BCUT2D eigenvalue weighted by Crippen LogP contribution is 2.20. The fraction of sp³-hybridized carbons (Fsp3) is 0.158. The van der Waals surface area contributed by atoms with Crippen molar-refractivity contribution in [1.82, 2.24) is 9.78 Å². The fourth-order valence-electron chi connectivity index (χ4n) is 2.47. The van der Waals surface area contributed by atoms with Gasteiger partial charge in [-0.2, -0.15) is 5.10 Å². The third kappa shape index (κ3) is 4.03. The highest BCUT2D eigenvalue weighted by atomic mass is 35.5. The number of aryl methyl sites for hydroxylation is 1. The molecule has 3 aromatic rings. The van der Waals surface area contributed by atoms with Crippen LogP contribution in [0.4, 0.5) is 10.2 Å². The number of methoxy groups -OCH3 is 1. The molecule has 1 amide bonds. The van der Waals surface area contributed by atoms with Crippen LogP contribution in [0.25, 0.3) is 0 Å². The Morgan fingerprint density at radius 2 is 1.96 bits per heavy atom. The van der Waals surface area contributed by atoms with E-state index in [1.807, 2.05) is 6.92 Å². The van der Waals surface area contributed by atoms with Gasteiger partial charge in [0, 0.05) is 22.3 Å². The number of nitrogens with zero attached hydrogens (tertiary/aromatic N) is 2. The number of hydrogen-bond acceptors (Lipinski definition) is 3. The van der Waals surface area contributed by atoms with Crippen LogP contribution in [-0.2, 0) is 6.54 Å². The van der Waals surface area contributed by atoms with Gasteiger partial charge in [0.2, 0.25) is 0 Å². The third-order valence-electron chi connectivity index (χ3n) is 3.91. The number of anilines is 1. The summed E-state index contributed by atoms with van der Waals surface area (Å²) in [4.78, 5) is 12.3. The molecule has 1 aromatic heterocycles. The minimum Gasteiger partial charge on any atom is -0.497 e. The lowest BCUT2D eigenvalue weighted by Gasteiger charge is -2.07. The molecule has 26 heavy (non-hydrogen) atoms. The summed E-state index contributed by atoms with van der Waals surface area (Å²) in [6.45, 7) is 2.25. The van der Waals surface area contributed by atoms with Crippen LogP contribution in [0.3, 0.4) is 0 Å². The van der Waals surface area contributed by atoms with Gasteiger partial charge in [0.05, 0.1) is 13.7 Å². The lowest BCUT2D eigenvalue weighted by Crippen LogP contribution is -2.13. The van der Waals surface area contributed by atoms with Crippen LogP contribution in [0.2, 0.25) is 5.02 Å².